The van der Waals surface area contributed by atoms with Gasteiger partial charge in [0, 0.05) is 28.2 Å². The van der Waals surface area contributed by atoms with Crippen LogP contribution in [0.5, 0.6) is 5.75 Å². The quantitative estimate of drug-likeness (QED) is 0.171. The van der Waals surface area contributed by atoms with E-state index in [-0.39, 0.29) is 17.5 Å². The Morgan fingerprint density at radius 1 is 0.911 bits per heavy atom. The number of nitrogens with zero attached hydrogens (tertiary/aromatic N) is 2. The molecule has 2 N–H and O–H groups in total. The van der Waals surface area contributed by atoms with Gasteiger partial charge in [-0.1, -0.05) is 49.1 Å². The Morgan fingerprint density at radius 3 is 2.29 bits per heavy atom. The Balaban J connectivity index is 1.28. The molecule has 1 amide bonds. The third kappa shape index (κ3) is 6.74. The zero-order valence-electron chi connectivity index (χ0n) is 25.4. The van der Waals surface area contributed by atoms with Crippen molar-refractivity contribution in [3.05, 3.63) is 107 Å². The summed E-state index contributed by atoms with van der Waals surface area (Å²) in [6.45, 7) is 4.18. The molecule has 5 aromatic rings. The lowest BCUT2D eigenvalue weighted by atomic mass is 9.95. The van der Waals surface area contributed by atoms with Gasteiger partial charge in [0.15, 0.2) is 0 Å². The number of hydrogen-bond acceptors (Lipinski definition) is 4. The van der Waals surface area contributed by atoms with Gasteiger partial charge in [0.2, 0.25) is 0 Å². The van der Waals surface area contributed by atoms with Gasteiger partial charge in [-0.05, 0) is 110 Å². The van der Waals surface area contributed by atoms with Crippen molar-refractivity contribution in [2.75, 3.05) is 0 Å². The summed E-state index contributed by atoms with van der Waals surface area (Å²) in [5, 5.41) is 13.1. The molecule has 0 bridgehead atoms. The van der Waals surface area contributed by atoms with Crippen molar-refractivity contribution in [3.8, 4) is 28.3 Å². The van der Waals surface area contributed by atoms with Crippen LogP contribution in [0.4, 0.5) is 0 Å². The van der Waals surface area contributed by atoms with Gasteiger partial charge < -0.3 is 19.7 Å². The Hall–Kier alpha value is -4.62. The largest absolute Gasteiger partial charge is 0.489 e. The summed E-state index contributed by atoms with van der Waals surface area (Å²) < 4.78 is 8.56. The van der Waals surface area contributed by atoms with Crippen molar-refractivity contribution >= 4 is 34.5 Å². The molecule has 1 aliphatic rings. The summed E-state index contributed by atoms with van der Waals surface area (Å²) in [7, 11) is 0. The van der Waals surface area contributed by atoms with E-state index < -0.39 is 5.97 Å². The molecule has 0 spiro atoms. The molecule has 0 radical (unpaired) electrons. The molecule has 1 heterocycles. The van der Waals surface area contributed by atoms with Crippen LogP contribution >= 0.6 is 11.6 Å². The van der Waals surface area contributed by atoms with Crippen LogP contribution in [0.1, 0.15) is 78.3 Å². The minimum atomic E-state index is -0.958. The molecule has 45 heavy (non-hydrogen) atoms. The Kier molecular flexibility index (Phi) is 8.90. The highest BCUT2D eigenvalue weighted by Crippen LogP contribution is 2.37. The number of aromatic carboxylic acids is 1. The number of carbonyl (C=O) groups excluding carboxylic acids is 1. The van der Waals surface area contributed by atoms with E-state index in [1.165, 1.54) is 19.3 Å². The number of carboxylic acids is 1. The van der Waals surface area contributed by atoms with Gasteiger partial charge in [0.05, 0.1) is 16.6 Å². The van der Waals surface area contributed by atoms with Crippen LogP contribution in [0.15, 0.2) is 84.9 Å². The maximum atomic E-state index is 12.8. The fourth-order valence-corrected chi connectivity index (χ4v) is 6.22. The first kappa shape index (κ1) is 30.4. The maximum Gasteiger partial charge on any atom is 0.335 e. The smallest absolute Gasteiger partial charge is 0.335 e. The molecule has 0 unspecified atom stereocenters. The van der Waals surface area contributed by atoms with E-state index in [0.717, 1.165) is 46.4 Å². The average molecular weight is 622 g/mol. The van der Waals surface area contributed by atoms with Gasteiger partial charge in [0.1, 0.15) is 18.2 Å². The van der Waals surface area contributed by atoms with E-state index in [0.29, 0.717) is 34.5 Å². The molecule has 1 saturated carbocycles. The van der Waals surface area contributed by atoms with Crippen LogP contribution < -0.4 is 10.1 Å². The van der Waals surface area contributed by atoms with Gasteiger partial charge in [0.25, 0.3) is 5.91 Å². The van der Waals surface area contributed by atoms with Crippen LogP contribution in [0.3, 0.4) is 0 Å². The predicted molar refractivity (Wildman–Crippen MR) is 178 cm³/mol. The second-order valence-electron chi connectivity index (χ2n) is 11.9. The number of hydrogen-bond donors (Lipinski definition) is 2. The minimum Gasteiger partial charge on any atom is -0.489 e. The molecule has 0 atom stereocenters. The fraction of sp³-hybridized carbons (Fsp3) is 0.270. The number of carbonyl (C=O) groups is 2. The first-order valence-corrected chi connectivity index (χ1v) is 15.8. The number of nitrogens with one attached hydrogen (secondary N) is 1. The van der Waals surface area contributed by atoms with Crippen LogP contribution in [-0.2, 0) is 6.61 Å². The van der Waals surface area contributed by atoms with Gasteiger partial charge in [-0.2, -0.15) is 0 Å². The zero-order chi connectivity index (χ0) is 31.5. The van der Waals surface area contributed by atoms with Crippen molar-refractivity contribution in [3.63, 3.8) is 0 Å². The summed E-state index contributed by atoms with van der Waals surface area (Å²) in [4.78, 5) is 29.3. The Bertz CT molecular complexity index is 1840. The summed E-state index contributed by atoms with van der Waals surface area (Å²) >= 11 is 6.15. The summed E-state index contributed by atoms with van der Waals surface area (Å²) in [6, 6.07) is 26.7. The van der Waals surface area contributed by atoms with Gasteiger partial charge in [-0.3, -0.25) is 4.79 Å². The van der Waals surface area contributed by atoms with Crippen LogP contribution in [0.25, 0.3) is 33.5 Å². The van der Waals surface area contributed by atoms with Crippen molar-refractivity contribution in [2.45, 2.75) is 64.6 Å². The number of rotatable bonds is 9. The predicted octanol–water partition coefficient (Wildman–Crippen LogP) is 8.94. The average Bonchev–Trinajstić information content (AvgIpc) is 3.43. The maximum absolute atomic E-state index is 12.8. The molecule has 230 valence electrons. The molecule has 1 aromatic heterocycles. The van der Waals surface area contributed by atoms with E-state index in [1.54, 1.807) is 12.1 Å². The normalized spacial score (nSPS) is 13.7. The van der Waals surface area contributed by atoms with E-state index in [2.05, 4.69) is 9.88 Å². The molecule has 6 rings (SSSR count). The van der Waals surface area contributed by atoms with Crippen molar-refractivity contribution in [1.29, 1.82) is 0 Å². The molecular weight excluding hydrogens is 586 g/mol. The highest BCUT2D eigenvalue weighted by atomic mass is 35.5. The van der Waals surface area contributed by atoms with Crippen molar-refractivity contribution < 1.29 is 19.4 Å². The number of benzene rings is 4. The van der Waals surface area contributed by atoms with Crippen LogP contribution in [0, 0.1) is 0 Å². The Labute approximate surface area is 267 Å². The Morgan fingerprint density at radius 2 is 1.60 bits per heavy atom. The molecule has 7 nitrogen and oxygen atoms in total. The molecule has 8 heteroatoms. The van der Waals surface area contributed by atoms with E-state index in [9.17, 15) is 14.7 Å². The number of amides is 1. The third-order valence-corrected chi connectivity index (χ3v) is 8.58. The summed E-state index contributed by atoms with van der Waals surface area (Å²) in [5.74, 6) is 0.462. The van der Waals surface area contributed by atoms with Gasteiger partial charge in [-0.15, -0.1) is 0 Å². The lowest BCUT2D eigenvalue weighted by Gasteiger charge is -2.25. The first-order chi connectivity index (χ1) is 21.8. The van der Waals surface area contributed by atoms with Gasteiger partial charge in [-0.25, -0.2) is 9.78 Å². The summed E-state index contributed by atoms with van der Waals surface area (Å²) in [6.07, 6.45) is 5.74. The van der Waals surface area contributed by atoms with Crippen LogP contribution in [0.2, 0.25) is 5.02 Å². The van der Waals surface area contributed by atoms with Gasteiger partial charge >= 0.3 is 5.97 Å². The number of fused-ring (bicyclic) bond motifs is 1. The molecule has 0 saturated heterocycles. The van der Waals surface area contributed by atoms with Crippen molar-refractivity contribution in [1.82, 2.24) is 14.9 Å². The standard InChI is InChI=1S/C37H36ClN3O4/c1-23(2)39-36(42)26-8-9-28(32(20-26)24-10-15-29(38)16-11-24)22-45-31-17-12-25(13-18-31)35-40-33-21-27(37(43)44)14-19-34(33)41(35)30-6-4-3-5-7-30/h8-21,23,30H,3-7,22H2,1-2H3,(H,39,42)(H,43,44). The lowest BCUT2D eigenvalue weighted by Crippen LogP contribution is -2.30. The number of ether oxygens (including phenoxy) is 1. The van der Waals surface area contributed by atoms with Crippen molar-refractivity contribution in [2.24, 2.45) is 0 Å². The third-order valence-electron chi connectivity index (χ3n) is 8.33. The van der Waals surface area contributed by atoms with E-state index in [4.69, 9.17) is 21.3 Å². The molecule has 0 aliphatic heterocycles. The van der Waals surface area contributed by atoms with E-state index in [1.807, 2.05) is 86.6 Å². The highest BCUT2D eigenvalue weighted by molar-refractivity contribution is 6.30. The number of carboxylic acid groups (broad SMARTS) is 1. The SMILES string of the molecule is CC(C)NC(=O)c1ccc(COc2ccc(-c3nc4cc(C(=O)O)ccc4n3C3CCCCC3)cc2)c(-c2ccc(Cl)cc2)c1. The number of aromatic nitrogens is 2. The zero-order valence-corrected chi connectivity index (χ0v) is 26.2. The lowest BCUT2D eigenvalue weighted by molar-refractivity contribution is 0.0696. The molecule has 1 aliphatic carbocycles. The molecule has 4 aromatic carbocycles. The minimum absolute atomic E-state index is 0.0313. The number of halogens is 1. The second kappa shape index (κ2) is 13.2. The monoisotopic (exact) mass is 621 g/mol. The molecular formula is C37H36ClN3O4. The van der Waals surface area contributed by atoms with E-state index >= 15 is 0 Å². The number of imidazole rings is 1. The fourth-order valence-electron chi connectivity index (χ4n) is 6.09. The van der Waals surface area contributed by atoms with Crippen LogP contribution in [-0.4, -0.2) is 32.6 Å². The second-order valence-corrected chi connectivity index (χ2v) is 12.4. The topological polar surface area (TPSA) is 93.4 Å². The first-order valence-electron chi connectivity index (χ1n) is 15.4. The summed E-state index contributed by atoms with van der Waals surface area (Å²) in [5.41, 5.74) is 6.20. The molecule has 1 fully saturated rings. The highest BCUT2D eigenvalue weighted by Gasteiger charge is 2.23.